The topological polar surface area (TPSA) is 74.8 Å². The Morgan fingerprint density at radius 1 is 1.12 bits per heavy atom. The van der Waals surface area contributed by atoms with Gasteiger partial charge in [0.25, 0.3) is 17.1 Å². The van der Waals surface area contributed by atoms with Gasteiger partial charge in [-0.05, 0) is 24.2 Å². The molecule has 0 aromatic heterocycles. The molecule has 1 aromatic carbocycles. The largest absolute Gasteiger partial charge is 0.293 e. The lowest BCUT2D eigenvalue weighted by molar-refractivity contribution is -0.124. The van der Waals surface area contributed by atoms with Crippen LogP contribution in [0, 0.1) is 0 Å². The summed E-state index contributed by atoms with van der Waals surface area (Å²) in [4.78, 5) is 51.6. The van der Waals surface area contributed by atoms with Gasteiger partial charge in [-0.25, -0.2) is 4.90 Å². The summed E-state index contributed by atoms with van der Waals surface area (Å²) in [6, 6.07) is 6.80. The maximum atomic E-state index is 12.7. The van der Waals surface area contributed by atoms with Crippen LogP contribution in [0.2, 0.25) is 0 Å². The molecule has 0 radical (unpaired) electrons. The summed E-state index contributed by atoms with van der Waals surface area (Å²) in [5.41, 5.74) is 1.10. The second-order valence-corrected chi connectivity index (χ2v) is 6.52. The molecule has 124 valence electrons. The normalized spacial score (nSPS) is 20.2. The zero-order chi connectivity index (χ0) is 17.4. The van der Waals surface area contributed by atoms with Crippen LogP contribution < -0.4 is 4.90 Å². The van der Waals surface area contributed by atoms with Crippen molar-refractivity contribution in [2.24, 2.45) is 0 Å². The zero-order valence-electron chi connectivity index (χ0n) is 13.4. The standard InChI is InChI=1S/C17H16N2O4S/c1-3-4-9-18-16(22)14(24-17(18)23)13-11-7-5-6-8-12(11)19(10(2)20)15(13)21/h5-8H,3-4,9H2,1-2H3. The van der Waals surface area contributed by atoms with Crippen molar-refractivity contribution >= 4 is 46.0 Å². The van der Waals surface area contributed by atoms with E-state index in [0.717, 1.165) is 23.1 Å². The molecule has 7 heteroatoms. The second kappa shape index (κ2) is 6.24. The van der Waals surface area contributed by atoms with E-state index in [1.54, 1.807) is 24.3 Å². The first-order chi connectivity index (χ1) is 11.5. The Hall–Kier alpha value is -2.41. The molecule has 0 unspecified atom stereocenters. The molecule has 0 saturated carbocycles. The van der Waals surface area contributed by atoms with Gasteiger partial charge >= 0.3 is 0 Å². The lowest BCUT2D eigenvalue weighted by Gasteiger charge is -2.12. The molecule has 0 atom stereocenters. The van der Waals surface area contributed by atoms with Crippen molar-refractivity contribution in [3.63, 3.8) is 0 Å². The number of carbonyl (C=O) groups excluding carboxylic acids is 4. The maximum absolute atomic E-state index is 12.7. The van der Waals surface area contributed by atoms with Crippen molar-refractivity contribution in [1.29, 1.82) is 0 Å². The average molecular weight is 344 g/mol. The van der Waals surface area contributed by atoms with Gasteiger partial charge in [-0.2, -0.15) is 0 Å². The van der Waals surface area contributed by atoms with E-state index < -0.39 is 17.7 Å². The first-order valence-corrected chi connectivity index (χ1v) is 8.51. The van der Waals surface area contributed by atoms with Crippen molar-refractivity contribution < 1.29 is 19.2 Å². The predicted molar refractivity (Wildman–Crippen MR) is 91.1 cm³/mol. The number of para-hydroxylation sites is 1. The van der Waals surface area contributed by atoms with Crippen LogP contribution in [-0.2, 0) is 14.4 Å². The quantitative estimate of drug-likeness (QED) is 0.788. The van der Waals surface area contributed by atoms with Crippen LogP contribution in [0.15, 0.2) is 29.2 Å². The fourth-order valence-corrected chi connectivity index (χ4v) is 3.76. The Morgan fingerprint density at radius 3 is 2.50 bits per heavy atom. The summed E-state index contributed by atoms with van der Waals surface area (Å²) in [7, 11) is 0. The third kappa shape index (κ3) is 2.45. The number of nitrogens with zero attached hydrogens (tertiary/aromatic N) is 2. The van der Waals surface area contributed by atoms with Crippen LogP contribution in [0.5, 0.6) is 0 Å². The van der Waals surface area contributed by atoms with Gasteiger partial charge in [-0.15, -0.1) is 0 Å². The van der Waals surface area contributed by atoms with E-state index in [0.29, 0.717) is 24.2 Å². The summed E-state index contributed by atoms with van der Waals surface area (Å²) in [6.07, 6.45) is 1.57. The number of imide groups is 2. The first-order valence-electron chi connectivity index (χ1n) is 7.69. The third-order valence-corrected chi connectivity index (χ3v) is 4.94. The minimum absolute atomic E-state index is 0.109. The zero-order valence-corrected chi connectivity index (χ0v) is 14.2. The van der Waals surface area contributed by atoms with E-state index in [2.05, 4.69) is 0 Å². The summed E-state index contributed by atoms with van der Waals surface area (Å²) in [5, 5.41) is -0.373. The number of hydrogen-bond donors (Lipinski definition) is 0. The monoisotopic (exact) mass is 344 g/mol. The van der Waals surface area contributed by atoms with Gasteiger partial charge < -0.3 is 0 Å². The van der Waals surface area contributed by atoms with Crippen molar-refractivity contribution in [1.82, 2.24) is 4.90 Å². The maximum Gasteiger partial charge on any atom is 0.293 e. The average Bonchev–Trinajstić information content (AvgIpc) is 2.98. The Labute approximate surface area is 143 Å². The van der Waals surface area contributed by atoms with Crippen LogP contribution in [0.3, 0.4) is 0 Å². The molecule has 6 nitrogen and oxygen atoms in total. The number of fused-ring (bicyclic) bond motifs is 1. The lowest BCUT2D eigenvalue weighted by Crippen LogP contribution is -2.32. The molecule has 1 saturated heterocycles. The summed E-state index contributed by atoms with van der Waals surface area (Å²) < 4.78 is 0. The number of carbonyl (C=O) groups is 4. The molecule has 24 heavy (non-hydrogen) atoms. The van der Waals surface area contributed by atoms with E-state index in [4.69, 9.17) is 0 Å². The van der Waals surface area contributed by atoms with E-state index >= 15 is 0 Å². The van der Waals surface area contributed by atoms with Gasteiger partial charge in [-0.3, -0.25) is 24.1 Å². The van der Waals surface area contributed by atoms with Crippen molar-refractivity contribution in [3.8, 4) is 0 Å². The van der Waals surface area contributed by atoms with Crippen LogP contribution in [0.4, 0.5) is 10.5 Å². The van der Waals surface area contributed by atoms with Gasteiger partial charge in [0.05, 0.1) is 16.2 Å². The molecule has 2 aliphatic heterocycles. The number of thioether (sulfide) groups is 1. The lowest BCUT2D eigenvalue weighted by atomic mass is 10.1. The Kier molecular flexibility index (Phi) is 4.28. The van der Waals surface area contributed by atoms with Gasteiger partial charge in [0, 0.05) is 19.0 Å². The molecular weight excluding hydrogens is 328 g/mol. The SMILES string of the molecule is CCCCN1C(=O)SC(=C2C(=O)N(C(C)=O)c3ccccc32)C1=O. The molecule has 3 rings (SSSR count). The number of rotatable bonds is 3. The molecule has 0 spiro atoms. The minimum atomic E-state index is -0.551. The molecule has 1 aromatic rings. The highest BCUT2D eigenvalue weighted by molar-refractivity contribution is 8.18. The van der Waals surface area contributed by atoms with Crippen molar-refractivity contribution in [3.05, 3.63) is 34.7 Å². The third-order valence-electron chi connectivity index (χ3n) is 3.96. The highest BCUT2D eigenvalue weighted by Crippen LogP contribution is 2.44. The van der Waals surface area contributed by atoms with E-state index in [-0.39, 0.29) is 15.7 Å². The summed E-state index contributed by atoms with van der Waals surface area (Å²) >= 11 is 0.769. The van der Waals surface area contributed by atoms with E-state index in [1.807, 2.05) is 6.92 Å². The number of amides is 4. The Bertz CT molecular complexity index is 800. The fourth-order valence-electron chi connectivity index (χ4n) is 2.81. The van der Waals surface area contributed by atoms with Crippen LogP contribution in [0.1, 0.15) is 32.3 Å². The van der Waals surface area contributed by atoms with Gasteiger partial charge in [0.1, 0.15) is 0 Å². The smallest absolute Gasteiger partial charge is 0.274 e. The highest BCUT2D eigenvalue weighted by atomic mass is 32.2. The summed E-state index contributed by atoms with van der Waals surface area (Å²) in [5.74, 6) is -1.43. The Morgan fingerprint density at radius 2 is 1.83 bits per heavy atom. The molecular formula is C17H16N2O4S. The first kappa shape index (κ1) is 16.4. The molecule has 2 aliphatic rings. The van der Waals surface area contributed by atoms with Crippen molar-refractivity contribution in [2.45, 2.75) is 26.7 Å². The van der Waals surface area contributed by atoms with Gasteiger partial charge in [-0.1, -0.05) is 31.5 Å². The summed E-state index contributed by atoms with van der Waals surface area (Å²) in [6.45, 7) is 3.60. The van der Waals surface area contributed by atoms with E-state index in [9.17, 15) is 19.2 Å². The molecule has 2 heterocycles. The molecule has 1 fully saturated rings. The molecule has 0 bridgehead atoms. The van der Waals surface area contributed by atoms with E-state index in [1.165, 1.54) is 11.8 Å². The van der Waals surface area contributed by atoms with Gasteiger partial charge in [0.15, 0.2) is 0 Å². The minimum Gasteiger partial charge on any atom is -0.274 e. The number of anilines is 1. The van der Waals surface area contributed by atoms with Crippen molar-refractivity contribution in [2.75, 3.05) is 11.4 Å². The number of unbranched alkanes of at least 4 members (excludes halogenated alkanes) is 1. The van der Waals surface area contributed by atoms with Crippen LogP contribution in [0.25, 0.3) is 5.57 Å². The van der Waals surface area contributed by atoms with Crippen LogP contribution in [-0.4, -0.2) is 34.4 Å². The fraction of sp³-hybridized carbons (Fsp3) is 0.294. The highest BCUT2D eigenvalue weighted by Gasteiger charge is 2.44. The molecule has 4 amide bonds. The molecule has 0 aliphatic carbocycles. The van der Waals surface area contributed by atoms with Gasteiger partial charge in [0.2, 0.25) is 5.91 Å². The number of hydrogen-bond acceptors (Lipinski definition) is 5. The predicted octanol–water partition coefficient (Wildman–Crippen LogP) is 2.79. The second-order valence-electron chi connectivity index (χ2n) is 5.56. The molecule has 0 N–H and O–H groups in total. The number of benzene rings is 1. The van der Waals surface area contributed by atoms with Crippen LogP contribution >= 0.6 is 11.8 Å². The Balaban J connectivity index is 2.10.